The van der Waals surface area contributed by atoms with Crippen molar-refractivity contribution < 1.29 is 0 Å². The zero-order chi connectivity index (χ0) is 10.1. The molecule has 1 aliphatic rings. The first kappa shape index (κ1) is 9.64. The van der Waals surface area contributed by atoms with Crippen molar-refractivity contribution in [1.29, 1.82) is 5.26 Å². The number of rotatable bonds is 2. The van der Waals surface area contributed by atoms with Gasteiger partial charge in [-0.05, 0) is 25.0 Å². The fourth-order valence-corrected chi connectivity index (χ4v) is 1.67. The summed E-state index contributed by atoms with van der Waals surface area (Å²) >= 11 is 11.8. The molecule has 0 unspecified atom stereocenters. The highest BCUT2D eigenvalue weighted by Gasteiger charge is 2.22. The maximum absolute atomic E-state index is 8.78. The van der Waals surface area contributed by atoms with Gasteiger partial charge in [0.15, 0.2) is 0 Å². The van der Waals surface area contributed by atoms with Crippen LogP contribution in [0.3, 0.4) is 0 Å². The molecule has 0 bridgehead atoms. The van der Waals surface area contributed by atoms with Gasteiger partial charge < -0.3 is 5.32 Å². The predicted octanol–water partition coefficient (Wildman–Crippen LogP) is 3.44. The summed E-state index contributed by atoms with van der Waals surface area (Å²) < 4.78 is 0. The van der Waals surface area contributed by atoms with Crippen LogP contribution in [-0.2, 0) is 0 Å². The van der Waals surface area contributed by atoms with Crippen LogP contribution in [0.2, 0.25) is 10.0 Å². The van der Waals surface area contributed by atoms with E-state index < -0.39 is 0 Å². The highest BCUT2D eigenvalue weighted by atomic mass is 35.5. The van der Waals surface area contributed by atoms with Crippen molar-refractivity contribution in [2.24, 2.45) is 0 Å². The molecule has 14 heavy (non-hydrogen) atoms. The van der Waals surface area contributed by atoms with Crippen molar-refractivity contribution in [3.8, 4) is 6.07 Å². The highest BCUT2D eigenvalue weighted by Crippen LogP contribution is 2.32. The Morgan fingerprint density at radius 2 is 2.00 bits per heavy atom. The van der Waals surface area contributed by atoms with Crippen LogP contribution in [0.25, 0.3) is 0 Å². The zero-order valence-corrected chi connectivity index (χ0v) is 8.86. The number of anilines is 1. The minimum atomic E-state index is 0.402. The summed E-state index contributed by atoms with van der Waals surface area (Å²) in [5.41, 5.74) is 1.26. The summed E-state index contributed by atoms with van der Waals surface area (Å²) in [4.78, 5) is 0. The molecule has 1 N–H and O–H groups in total. The van der Waals surface area contributed by atoms with Gasteiger partial charge in [-0.25, -0.2) is 0 Å². The predicted molar refractivity (Wildman–Crippen MR) is 57.8 cm³/mol. The lowest BCUT2D eigenvalue weighted by molar-refractivity contribution is 1.16. The molecule has 2 rings (SSSR count). The van der Waals surface area contributed by atoms with Gasteiger partial charge in [0.1, 0.15) is 6.07 Å². The summed E-state index contributed by atoms with van der Waals surface area (Å²) in [5, 5.41) is 13.0. The first-order valence-corrected chi connectivity index (χ1v) is 5.12. The van der Waals surface area contributed by atoms with E-state index in [2.05, 4.69) is 5.32 Å². The minimum Gasteiger partial charge on any atom is -0.381 e. The van der Waals surface area contributed by atoms with Crippen LogP contribution in [0.1, 0.15) is 18.4 Å². The Kier molecular flexibility index (Phi) is 2.54. The smallest absolute Gasteiger partial charge is 0.101 e. The van der Waals surface area contributed by atoms with Gasteiger partial charge in [-0.15, -0.1) is 0 Å². The van der Waals surface area contributed by atoms with E-state index >= 15 is 0 Å². The molecule has 1 aromatic rings. The summed E-state index contributed by atoms with van der Waals surface area (Å²) in [6, 6.07) is 5.84. The van der Waals surface area contributed by atoms with Crippen molar-refractivity contribution in [1.82, 2.24) is 0 Å². The molecule has 0 atom stereocenters. The normalized spacial score (nSPS) is 14.9. The van der Waals surface area contributed by atoms with E-state index in [-0.39, 0.29) is 0 Å². The lowest BCUT2D eigenvalue weighted by atomic mass is 10.2. The Morgan fingerprint density at radius 1 is 1.29 bits per heavy atom. The molecule has 2 nitrogen and oxygen atoms in total. The molecule has 0 amide bonds. The first-order valence-electron chi connectivity index (χ1n) is 4.36. The molecule has 1 saturated carbocycles. The Morgan fingerprint density at radius 3 is 2.57 bits per heavy atom. The van der Waals surface area contributed by atoms with E-state index in [0.29, 0.717) is 21.7 Å². The van der Waals surface area contributed by atoms with E-state index in [0.717, 1.165) is 5.69 Å². The van der Waals surface area contributed by atoms with Crippen LogP contribution in [-0.4, -0.2) is 6.04 Å². The molecule has 0 saturated heterocycles. The average molecular weight is 227 g/mol. The number of hydrogen-bond donors (Lipinski definition) is 1. The number of halogens is 2. The van der Waals surface area contributed by atoms with E-state index in [9.17, 15) is 0 Å². The van der Waals surface area contributed by atoms with Crippen LogP contribution in [0.15, 0.2) is 12.1 Å². The molecule has 1 aromatic carbocycles. The zero-order valence-electron chi connectivity index (χ0n) is 7.35. The summed E-state index contributed by atoms with van der Waals surface area (Å²) in [5.74, 6) is 0. The highest BCUT2D eigenvalue weighted by molar-refractivity contribution is 6.37. The van der Waals surface area contributed by atoms with Crippen LogP contribution in [0.4, 0.5) is 5.69 Å². The lowest BCUT2D eigenvalue weighted by Crippen LogP contribution is -2.01. The van der Waals surface area contributed by atoms with E-state index in [4.69, 9.17) is 28.5 Å². The minimum absolute atomic E-state index is 0.402. The molecule has 0 aliphatic heterocycles. The second-order valence-electron chi connectivity index (χ2n) is 3.34. The van der Waals surface area contributed by atoms with Crippen LogP contribution in [0.5, 0.6) is 0 Å². The van der Waals surface area contributed by atoms with Crippen molar-refractivity contribution in [2.75, 3.05) is 5.32 Å². The topological polar surface area (TPSA) is 35.8 Å². The van der Waals surface area contributed by atoms with E-state index in [1.807, 2.05) is 6.07 Å². The lowest BCUT2D eigenvalue weighted by Gasteiger charge is -2.07. The Balaban J connectivity index is 2.33. The maximum atomic E-state index is 8.78. The Hall–Kier alpha value is -0.910. The molecule has 0 aromatic heterocycles. The average Bonchev–Trinajstić information content (AvgIpc) is 2.93. The third kappa shape index (κ3) is 1.95. The fourth-order valence-electron chi connectivity index (χ4n) is 1.19. The number of nitriles is 1. The van der Waals surface area contributed by atoms with Gasteiger partial charge in [0.05, 0.1) is 21.3 Å². The second kappa shape index (κ2) is 3.68. The molecule has 0 spiro atoms. The van der Waals surface area contributed by atoms with Gasteiger partial charge in [-0.1, -0.05) is 23.2 Å². The molecule has 0 heterocycles. The third-order valence-electron chi connectivity index (χ3n) is 2.11. The standard InChI is InChI=1S/C10H8Cl2N2/c11-8-4-9(12)10(3-6(8)5-13)14-7-1-2-7/h3-4,7,14H,1-2H2. The van der Waals surface area contributed by atoms with Crippen LogP contribution < -0.4 is 5.32 Å². The fraction of sp³-hybridized carbons (Fsp3) is 0.300. The largest absolute Gasteiger partial charge is 0.381 e. The number of nitrogens with zero attached hydrogens (tertiary/aromatic N) is 1. The van der Waals surface area contributed by atoms with Crippen molar-refractivity contribution >= 4 is 28.9 Å². The second-order valence-corrected chi connectivity index (χ2v) is 4.16. The Bertz CT molecular complexity index is 405. The van der Waals surface area contributed by atoms with Crippen LogP contribution >= 0.6 is 23.2 Å². The van der Waals surface area contributed by atoms with Crippen molar-refractivity contribution in [3.05, 3.63) is 27.7 Å². The van der Waals surface area contributed by atoms with Gasteiger partial charge in [0, 0.05) is 6.04 Å². The molecule has 4 heteroatoms. The summed E-state index contributed by atoms with van der Waals surface area (Å²) in [7, 11) is 0. The number of hydrogen-bond acceptors (Lipinski definition) is 2. The van der Waals surface area contributed by atoms with E-state index in [1.165, 1.54) is 12.8 Å². The molecule has 72 valence electrons. The van der Waals surface area contributed by atoms with Crippen LogP contribution in [0, 0.1) is 11.3 Å². The number of nitrogens with one attached hydrogen (secondary N) is 1. The van der Waals surface area contributed by atoms with Gasteiger partial charge in [0.2, 0.25) is 0 Å². The molecular formula is C10H8Cl2N2. The van der Waals surface area contributed by atoms with Gasteiger partial charge in [-0.3, -0.25) is 0 Å². The Labute approximate surface area is 92.4 Å². The van der Waals surface area contributed by atoms with Crippen molar-refractivity contribution in [2.45, 2.75) is 18.9 Å². The summed E-state index contributed by atoms with van der Waals surface area (Å²) in [6.07, 6.45) is 2.34. The number of benzene rings is 1. The SMILES string of the molecule is N#Cc1cc(NC2CC2)c(Cl)cc1Cl. The van der Waals surface area contributed by atoms with E-state index in [1.54, 1.807) is 12.1 Å². The van der Waals surface area contributed by atoms with Gasteiger partial charge in [0.25, 0.3) is 0 Å². The van der Waals surface area contributed by atoms with Crippen molar-refractivity contribution in [3.63, 3.8) is 0 Å². The third-order valence-corrected chi connectivity index (χ3v) is 2.74. The quantitative estimate of drug-likeness (QED) is 0.839. The summed E-state index contributed by atoms with van der Waals surface area (Å²) in [6.45, 7) is 0. The maximum Gasteiger partial charge on any atom is 0.101 e. The first-order chi connectivity index (χ1) is 6.70. The van der Waals surface area contributed by atoms with Gasteiger partial charge >= 0.3 is 0 Å². The van der Waals surface area contributed by atoms with Gasteiger partial charge in [-0.2, -0.15) is 5.26 Å². The monoisotopic (exact) mass is 226 g/mol. The molecule has 0 radical (unpaired) electrons. The molecular weight excluding hydrogens is 219 g/mol. The molecule has 1 fully saturated rings. The molecule has 1 aliphatic carbocycles.